The quantitative estimate of drug-likeness (QED) is 0.676. The summed E-state index contributed by atoms with van der Waals surface area (Å²) in [5.41, 5.74) is 2.10. The van der Waals surface area contributed by atoms with Crippen molar-refractivity contribution >= 4 is 5.97 Å². The lowest BCUT2D eigenvalue weighted by Crippen LogP contribution is -2.23. The number of halogens is 6. The van der Waals surface area contributed by atoms with E-state index in [1.807, 2.05) is 0 Å². The molecule has 0 bridgehead atoms. The first-order chi connectivity index (χ1) is 9.97. The van der Waals surface area contributed by atoms with Crippen LogP contribution < -0.4 is 10.5 Å². The maximum absolute atomic E-state index is 12.9. The van der Waals surface area contributed by atoms with E-state index in [-0.39, 0.29) is 5.69 Å². The van der Waals surface area contributed by atoms with Crippen LogP contribution >= 0.6 is 0 Å². The first-order valence-electron chi connectivity index (χ1n) is 5.60. The second-order valence-corrected chi connectivity index (χ2v) is 3.94. The minimum Gasteiger partial charge on any atom is -0.469 e. The van der Waals surface area contributed by atoms with Gasteiger partial charge in [-0.1, -0.05) is 0 Å². The molecule has 0 aliphatic carbocycles. The Morgan fingerprint density at radius 3 is 2.27 bits per heavy atom. The van der Waals surface area contributed by atoms with E-state index in [4.69, 9.17) is 5.73 Å². The standard InChI is InChI=1S/C11H10F6N2O3/c1-21-8(20)3-5-2-7(22-11(15,16)17)9(10(12,13)14)6(4-18)19-5/h2H,3-4,18H2,1H3. The summed E-state index contributed by atoms with van der Waals surface area (Å²) in [7, 11) is 1.00. The van der Waals surface area contributed by atoms with Crippen LogP contribution in [0.5, 0.6) is 5.75 Å². The fourth-order valence-electron chi connectivity index (χ4n) is 1.59. The number of hydrogen-bond acceptors (Lipinski definition) is 5. The van der Waals surface area contributed by atoms with Gasteiger partial charge in [0.25, 0.3) is 0 Å². The second-order valence-electron chi connectivity index (χ2n) is 3.94. The Bertz CT molecular complexity index is 556. The predicted molar refractivity (Wildman–Crippen MR) is 59.5 cm³/mol. The van der Waals surface area contributed by atoms with Gasteiger partial charge in [0.2, 0.25) is 0 Å². The molecule has 0 fully saturated rings. The minimum absolute atomic E-state index is 0.381. The van der Waals surface area contributed by atoms with Gasteiger partial charge in [0.1, 0.15) is 11.3 Å². The van der Waals surface area contributed by atoms with E-state index in [9.17, 15) is 31.1 Å². The third kappa shape index (κ3) is 4.76. The zero-order chi connectivity index (χ0) is 17.1. The molecule has 22 heavy (non-hydrogen) atoms. The molecule has 1 rings (SSSR count). The topological polar surface area (TPSA) is 74.4 Å². The van der Waals surface area contributed by atoms with E-state index < -0.39 is 48.5 Å². The van der Waals surface area contributed by atoms with Gasteiger partial charge >= 0.3 is 18.5 Å². The Labute approximate surface area is 120 Å². The van der Waals surface area contributed by atoms with Crippen LogP contribution in [0.15, 0.2) is 6.07 Å². The van der Waals surface area contributed by atoms with Gasteiger partial charge in [-0.3, -0.25) is 9.78 Å². The number of alkyl halides is 6. The van der Waals surface area contributed by atoms with Crippen molar-refractivity contribution in [2.24, 2.45) is 5.73 Å². The number of esters is 1. The van der Waals surface area contributed by atoms with Crippen LogP contribution in [0, 0.1) is 0 Å². The summed E-state index contributed by atoms with van der Waals surface area (Å²) in [5, 5.41) is 0. The molecular formula is C11H10F6N2O3. The lowest BCUT2D eigenvalue weighted by molar-refractivity contribution is -0.276. The van der Waals surface area contributed by atoms with E-state index in [2.05, 4.69) is 14.5 Å². The molecule has 1 aromatic rings. The van der Waals surface area contributed by atoms with E-state index in [0.29, 0.717) is 6.07 Å². The number of hydrogen-bond donors (Lipinski definition) is 1. The molecule has 124 valence electrons. The molecule has 0 atom stereocenters. The van der Waals surface area contributed by atoms with Gasteiger partial charge < -0.3 is 15.2 Å². The van der Waals surface area contributed by atoms with Gasteiger partial charge in [-0.25, -0.2) is 0 Å². The smallest absolute Gasteiger partial charge is 0.469 e. The monoisotopic (exact) mass is 332 g/mol. The van der Waals surface area contributed by atoms with Crippen molar-refractivity contribution < 1.29 is 40.6 Å². The van der Waals surface area contributed by atoms with Crippen LogP contribution in [0.4, 0.5) is 26.3 Å². The fourth-order valence-corrected chi connectivity index (χ4v) is 1.59. The summed E-state index contributed by atoms with van der Waals surface area (Å²) in [6.45, 7) is -0.794. The predicted octanol–water partition coefficient (Wildman–Crippen LogP) is 2.17. The number of ether oxygens (including phenoxy) is 2. The zero-order valence-corrected chi connectivity index (χ0v) is 11.0. The average molecular weight is 332 g/mol. The van der Waals surface area contributed by atoms with Crippen molar-refractivity contribution in [3.05, 3.63) is 23.0 Å². The Balaban J connectivity index is 3.45. The molecule has 0 aliphatic heterocycles. The van der Waals surface area contributed by atoms with Crippen LogP contribution in [0.3, 0.4) is 0 Å². The third-order valence-electron chi connectivity index (χ3n) is 2.37. The van der Waals surface area contributed by atoms with E-state index in [1.165, 1.54) is 0 Å². The van der Waals surface area contributed by atoms with E-state index in [1.54, 1.807) is 0 Å². The third-order valence-corrected chi connectivity index (χ3v) is 2.37. The molecule has 0 saturated carbocycles. The molecule has 0 amide bonds. The SMILES string of the molecule is COC(=O)Cc1cc(OC(F)(F)F)c(C(F)(F)F)c(CN)n1. The van der Waals surface area contributed by atoms with Crippen LogP contribution in [-0.2, 0) is 28.7 Å². The highest BCUT2D eigenvalue weighted by Gasteiger charge is 2.42. The molecule has 1 heterocycles. The Morgan fingerprint density at radius 1 is 1.27 bits per heavy atom. The molecule has 0 spiro atoms. The normalized spacial score (nSPS) is 12.2. The maximum atomic E-state index is 12.9. The molecule has 0 saturated heterocycles. The van der Waals surface area contributed by atoms with Crippen molar-refractivity contribution in [3.8, 4) is 5.75 Å². The Morgan fingerprint density at radius 2 is 1.86 bits per heavy atom. The molecule has 1 aromatic heterocycles. The lowest BCUT2D eigenvalue weighted by atomic mass is 10.1. The van der Waals surface area contributed by atoms with E-state index in [0.717, 1.165) is 7.11 Å². The van der Waals surface area contributed by atoms with Gasteiger partial charge in [-0.05, 0) is 0 Å². The summed E-state index contributed by atoms with van der Waals surface area (Å²) in [6.07, 6.45) is -11.1. The van der Waals surface area contributed by atoms with Gasteiger partial charge in [-0.2, -0.15) is 13.2 Å². The zero-order valence-electron chi connectivity index (χ0n) is 11.0. The number of methoxy groups -OCH3 is 1. The van der Waals surface area contributed by atoms with Gasteiger partial charge in [0, 0.05) is 12.6 Å². The molecular weight excluding hydrogens is 322 g/mol. The van der Waals surface area contributed by atoms with E-state index >= 15 is 0 Å². The van der Waals surface area contributed by atoms with Gasteiger partial charge in [-0.15, -0.1) is 13.2 Å². The highest BCUT2D eigenvalue weighted by molar-refractivity contribution is 5.72. The Hall–Kier alpha value is -2.04. The number of nitrogens with two attached hydrogens (primary N) is 1. The first kappa shape index (κ1) is 18.0. The van der Waals surface area contributed by atoms with Crippen molar-refractivity contribution in [2.45, 2.75) is 25.5 Å². The van der Waals surface area contributed by atoms with Crippen molar-refractivity contribution in [3.63, 3.8) is 0 Å². The van der Waals surface area contributed by atoms with Gasteiger partial charge in [0.15, 0.2) is 0 Å². The fraction of sp³-hybridized carbons (Fsp3) is 0.455. The maximum Gasteiger partial charge on any atom is 0.573 e. The Kier molecular flexibility index (Phi) is 5.22. The summed E-state index contributed by atoms with van der Waals surface area (Å²) in [6, 6.07) is 0.381. The molecule has 11 heteroatoms. The molecule has 0 unspecified atom stereocenters. The first-order valence-corrected chi connectivity index (χ1v) is 5.60. The average Bonchev–Trinajstić information content (AvgIpc) is 2.34. The highest BCUT2D eigenvalue weighted by atomic mass is 19.4. The lowest BCUT2D eigenvalue weighted by Gasteiger charge is -2.18. The largest absolute Gasteiger partial charge is 0.573 e. The number of carbonyl (C=O) groups is 1. The molecule has 0 aromatic carbocycles. The number of rotatable bonds is 4. The number of aromatic nitrogens is 1. The minimum atomic E-state index is -5.35. The van der Waals surface area contributed by atoms with Crippen LogP contribution in [0.25, 0.3) is 0 Å². The highest BCUT2D eigenvalue weighted by Crippen LogP contribution is 2.40. The van der Waals surface area contributed by atoms with Crippen molar-refractivity contribution in [1.82, 2.24) is 4.98 Å². The summed E-state index contributed by atoms with van der Waals surface area (Å²) in [4.78, 5) is 14.5. The molecule has 5 nitrogen and oxygen atoms in total. The number of carbonyl (C=O) groups excluding carboxylic acids is 1. The van der Waals surface area contributed by atoms with Crippen LogP contribution in [0.1, 0.15) is 17.0 Å². The molecule has 0 aliphatic rings. The summed E-state index contributed by atoms with van der Waals surface area (Å²) < 4.78 is 83.2. The van der Waals surface area contributed by atoms with Gasteiger partial charge in [0.05, 0.1) is 24.9 Å². The summed E-state index contributed by atoms with van der Waals surface area (Å²) in [5.74, 6) is -2.41. The number of pyridine rings is 1. The van der Waals surface area contributed by atoms with Crippen molar-refractivity contribution in [2.75, 3.05) is 7.11 Å². The molecule has 0 radical (unpaired) electrons. The number of nitrogens with zero attached hydrogens (tertiary/aromatic N) is 1. The second kappa shape index (κ2) is 6.38. The summed E-state index contributed by atoms with van der Waals surface area (Å²) >= 11 is 0. The van der Waals surface area contributed by atoms with Crippen LogP contribution in [-0.4, -0.2) is 24.4 Å². The van der Waals surface area contributed by atoms with Crippen molar-refractivity contribution in [1.29, 1.82) is 0 Å². The van der Waals surface area contributed by atoms with Crippen LogP contribution in [0.2, 0.25) is 0 Å². The molecule has 2 N–H and O–H groups in total.